The average molecular weight is 378 g/mol. The fourth-order valence-electron chi connectivity index (χ4n) is 3.19. The maximum absolute atomic E-state index is 12.1. The van der Waals surface area contributed by atoms with E-state index >= 15 is 0 Å². The normalized spacial score (nSPS) is 18.7. The van der Waals surface area contributed by atoms with Gasteiger partial charge in [0.25, 0.3) is 0 Å². The number of hydrogen-bond acceptors (Lipinski definition) is 5. The Bertz CT molecular complexity index is 932. The van der Waals surface area contributed by atoms with Crippen LogP contribution in [0.25, 0.3) is 11.0 Å². The number of nitrogens with one attached hydrogen (secondary N) is 2. The highest BCUT2D eigenvalue weighted by molar-refractivity contribution is 7.91. The highest BCUT2D eigenvalue weighted by Crippen LogP contribution is 2.23. The van der Waals surface area contributed by atoms with E-state index in [1.165, 1.54) is 0 Å². The molecule has 26 heavy (non-hydrogen) atoms. The average Bonchev–Trinajstić information content (AvgIpc) is 3.15. The second-order valence-electron chi connectivity index (χ2n) is 6.69. The number of fused-ring (bicyclic) bond motifs is 1. The first-order valence-corrected chi connectivity index (χ1v) is 10.5. The molecule has 2 amide bonds. The van der Waals surface area contributed by atoms with Crippen LogP contribution in [-0.2, 0) is 32.3 Å². The van der Waals surface area contributed by atoms with Gasteiger partial charge in [-0.1, -0.05) is 19.1 Å². The van der Waals surface area contributed by atoms with Gasteiger partial charge >= 0.3 is 0 Å². The molecule has 0 bridgehead atoms. The number of sulfone groups is 1. The molecule has 1 saturated heterocycles. The lowest BCUT2D eigenvalue weighted by Crippen LogP contribution is -2.43. The predicted octanol–water partition coefficient (Wildman–Crippen LogP) is 1.51. The largest absolute Gasteiger partial charge is 0.464 e. The number of hydrazine groups is 1. The molecular weight excluding hydrogens is 356 g/mol. The molecule has 1 aromatic carbocycles. The van der Waals surface area contributed by atoms with Crippen LogP contribution in [0, 0.1) is 5.92 Å². The third kappa shape index (κ3) is 4.43. The van der Waals surface area contributed by atoms with Gasteiger partial charge in [0, 0.05) is 17.4 Å². The molecule has 2 aromatic rings. The highest BCUT2D eigenvalue weighted by atomic mass is 32.2. The quantitative estimate of drug-likeness (QED) is 0.767. The van der Waals surface area contributed by atoms with Crippen LogP contribution in [0.4, 0.5) is 0 Å². The molecule has 2 N–H and O–H groups in total. The van der Waals surface area contributed by atoms with E-state index in [1.807, 2.05) is 18.2 Å². The van der Waals surface area contributed by atoms with Crippen LogP contribution in [0.5, 0.6) is 0 Å². The molecule has 0 spiro atoms. The first kappa shape index (κ1) is 18.4. The minimum atomic E-state index is -3.01. The Morgan fingerprint density at radius 2 is 2.00 bits per heavy atom. The first-order valence-electron chi connectivity index (χ1n) is 8.63. The van der Waals surface area contributed by atoms with Crippen molar-refractivity contribution in [1.29, 1.82) is 0 Å². The van der Waals surface area contributed by atoms with E-state index in [4.69, 9.17) is 4.42 Å². The van der Waals surface area contributed by atoms with E-state index in [0.29, 0.717) is 6.42 Å². The third-order valence-electron chi connectivity index (χ3n) is 4.62. The summed E-state index contributed by atoms with van der Waals surface area (Å²) >= 11 is 0. The second-order valence-corrected chi connectivity index (χ2v) is 8.92. The van der Waals surface area contributed by atoms with Crippen LogP contribution < -0.4 is 10.9 Å². The molecule has 140 valence electrons. The molecule has 1 fully saturated rings. The lowest BCUT2D eigenvalue weighted by Gasteiger charge is -2.09. The Morgan fingerprint density at radius 1 is 1.23 bits per heavy atom. The summed E-state index contributed by atoms with van der Waals surface area (Å²) in [5.74, 6) is -0.757. The fraction of sp³-hybridized carbons (Fsp3) is 0.444. The molecule has 1 aliphatic rings. The van der Waals surface area contributed by atoms with Gasteiger partial charge < -0.3 is 4.42 Å². The summed E-state index contributed by atoms with van der Waals surface area (Å²) in [6.07, 6.45) is 3.12. The zero-order valence-corrected chi connectivity index (χ0v) is 15.4. The van der Waals surface area contributed by atoms with Crippen molar-refractivity contribution in [1.82, 2.24) is 10.9 Å². The lowest BCUT2D eigenvalue weighted by atomic mass is 10.1. The number of carbonyl (C=O) groups is 2. The number of benzene rings is 1. The number of furan rings is 1. The summed E-state index contributed by atoms with van der Waals surface area (Å²) in [5, 5.41) is 0.875. The van der Waals surface area contributed by atoms with Gasteiger partial charge in [0.05, 0.1) is 24.2 Å². The van der Waals surface area contributed by atoms with E-state index in [-0.39, 0.29) is 42.1 Å². The van der Waals surface area contributed by atoms with Crippen molar-refractivity contribution >= 4 is 32.6 Å². The van der Waals surface area contributed by atoms with E-state index < -0.39 is 9.84 Å². The van der Waals surface area contributed by atoms with Crippen LogP contribution in [-0.4, -0.2) is 31.7 Å². The van der Waals surface area contributed by atoms with Gasteiger partial charge in [-0.15, -0.1) is 0 Å². The molecule has 0 aliphatic carbocycles. The van der Waals surface area contributed by atoms with E-state index in [1.54, 1.807) is 6.26 Å². The zero-order valence-electron chi connectivity index (χ0n) is 14.6. The van der Waals surface area contributed by atoms with Crippen molar-refractivity contribution < 1.29 is 22.4 Å². The number of amides is 2. The molecule has 3 rings (SSSR count). The van der Waals surface area contributed by atoms with Gasteiger partial charge in [-0.25, -0.2) is 8.42 Å². The Morgan fingerprint density at radius 3 is 2.69 bits per heavy atom. The van der Waals surface area contributed by atoms with E-state index in [0.717, 1.165) is 28.5 Å². The minimum absolute atomic E-state index is 0.0368. The number of aryl methyl sites for hydroxylation is 1. The number of carbonyl (C=O) groups excluding carboxylic acids is 2. The first-order chi connectivity index (χ1) is 12.4. The molecule has 0 saturated carbocycles. The number of rotatable bonds is 5. The van der Waals surface area contributed by atoms with Gasteiger partial charge in [-0.05, 0) is 30.4 Å². The maximum Gasteiger partial charge on any atom is 0.242 e. The molecule has 1 atom stereocenters. The summed E-state index contributed by atoms with van der Waals surface area (Å²) in [4.78, 5) is 23.9. The van der Waals surface area contributed by atoms with Gasteiger partial charge in [0.15, 0.2) is 9.84 Å². The monoisotopic (exact) mass is 378 g/mol. The van der Waals surface area contributed by atoms with Crippen molar-refractivity contribution in [3.8, 4) is 0 Å². The van der Waals surface area contributed by atoms with Gasteiger partial charge in [-0.2, -0.15) is 0 Å². The minimum Gasteiger partial charge on any atom is -0.464 e. The molecule has 7 nitrogen and oxygen atoms in total. The summed E-state index contributed by atoms with van der Waals surface area (Å²) in [6, 6.07) is 5.88. The molecular formula is C18H22N2O5S. The second kappa shape index (κ2) is 7.49. The predicted molar refractivity (Wildman–Crippen MR) is 97.0 cm³/mol. The molecule has 1 aliphatic heterocycles. The van der Waals surface area contributed by atoms with Crippen molar-refractivity contribution in [3.63, 3.8) is 0 Å². The Kier molecular flexibility index (Phi) is 5.31. The van der Waals surface area contributed by atoms with Crippen molar-refractivity contribution in [2.45, 2.75) is 32.6 Å². The smallest absolute Gasteiger partial charge is 0.242 e. The Hall–Kier alpha value is -2.35. The maximum atomic E-state index is 12.1. The van der Waals surface area contributed by atoms with Crippen LogP contribution in [0.2, 0.25) is 0 Å². The van der Waals surface area contributed by atoms with E-state index in [9.17, 15) is 18.0 Å². The Labute approximate surface area is 152 Å². The fourth-order valence-corrected chi connectivity index (χ4v) is 5.05. The van der Waals surface area contributed by atoms with Gasteiger partial charge in [0.1, 0.15) is 5.58 Å². The zero-order chi connectivity index (χ0) is 18.7. The highest BCUT2D eigenvalue weighted by Gasteiger charge is 2.29. The van der Waals surface area contributed by atoms with Crippen LogP contribution in [0.3, 0.4) is 0 Å². The van der Waals surface area contributed by atoms with Crippen LogP contribution in [0.1, 0.15) is 30.9 Å². The van der Waals surface area contributed by atoms with Crippen molar-refractivity contribution in [3.05, 3.63) is 35.6 Å². The molecule has 2 heterocycles. The molecule has 1 aromatic heterocycles. The van der Waals surface area contributed by atoms with Crippen molar-refractivity contribution in [2.24, 2.45) is 5.92 Å². The van der Waals surface area contributed by atoms with E-state index in [2.05, 4.69) is 17.8 Å². The molecule has 0 radical (unpaired) electrons. The standard InChI is InChI=1S/C18H22N2O5S/c1-2-12-3-4-15-14(10-25-16(15)7-12)9-18(22)20-19-17(21)8-13-5-6-26(23,24)11-13/h3-4,7,10,13H,2,5-6,8-9,11H2,1H3,(H,19,21)(H,20,22)/t13-/m1/s1. The van der Waals surface area contributed by atoms with Gasteiger partial charge in [0.2, 0.25) is 11.8 Å². The molecule has 8 heteroatoms. The number of hydrogen-bond donors (Lipinski definition) is 2. The van der Waals surface area contributed by atoms with Crippen molar-refractivity contribution in [2.75, 3.05) is 11.5 Å². The summed E-state index contributed by atoms with van der Waals surface area (Å²) < 4.78 is 28.3. The van der Waals surface area contributed by atoms with Crippen LogP contribution in [0.15, 0.2) is 28.9 Å². The molecule has 0 unspecified atom stereocenters. The summed E-state index contributed by atoms with van der Waals surface area (Å²) in [6.45, 7) is 2.06. The van der Waals surface area contributed by atoms with Crippen LogP contribution >= 0.6 is 0 Å². The Balaban J connectivity index is 1.50. The lowest BCUT2D eigenvalue weighted by molar-refractivity contribution is -0.129. The summed E-state index contributed by atoms with van der Waals surface area (Å²) in [5.41, 5.74) is 7.36. The third-order valence-corrected chi connectivity index (χ3v) is 6.46. The topological polar surface area (TPSA) is 105 Å². The SMILES string of the molecule is CCc1ccc2c(CC(=O)NNC(=O)C[C@H]3CCS(=O)(=O)C3)coc2c1. The summed E-state index contributed by atoms with van der Waals surface area (Å²) in [7, 11) is -3.01. The van der Waals surface area contributed by atoms with Gasteiger partial charge in [-0.3, -0.25) is 20.4 Å².